The van der Waals surface area contributed by atoms with Crippen LogP contribution < -0.4 is 4.80 Å². The average Bonchev–Trinajstić information content (AvgIpc) is 2.90. The van der Waals surface area contributed by atoms with E-state index in [1.807, 2.05) is 12.1 Å². The van der Waals surface area contributed by atoms with Gasteiger partial charge >= 0.3 is 0 Å². The van der Waals surface area contributed by atoms with E-state index in [-0.39, 0.29) is 11.4 Å². The van der Waals surface area contributed by atoms with E-state index in [0.717, 1.165) is 36.7 Å². The molecule has 0 saturated heterocycles. The van der Waals surface area contributed by atoms with E-state index in [0.29, 0.717) is 15.1 Å². The van der Waals surface area contributed by atoms with Crippen LogP contribution in [0.2, 0.25) is 0 Å². The second-order valence-corrected chi connectivity index (χ2v) is 7.29. The largest absolute Gasteiger partial charge is 0.317 e. The average molecular weight is 358 g/mol. The normalized spacial score (nSPS) is 14.8. The molecule has 0 bridgehead atoms. The molecule has 0 aliphatic heterocycles. The summed E-state index contributed by atoms with van der Waals surface area (Å²) in [5, 5.41) is 0. The van der Waals surface area contributed by atoms with E-state index in [1.54, 1.807) is 13.1 Å². The van der Waals surface area contributed by atoms with Crippen molar-refractivity contribution < 1.29 is 13.6 Å². The molecule has 2 aromatic carbocycles. The molecule has 0 unspecified atom stereocenters. The van der Waals surface area contributed by atoms with Gasteiger partial charge in [0.05, 0.1) is 10.2 Å². The Morgan fingerprint density at radius 2 is 1.88 bits per heavy atom. The smallest absolute Gasteiger partial charge is 0.279 e. The topological polar surface area (TPSA) is 34.4 Å². The molecule has 0 radical (unpaired) electrons. The summed E-state index contributed by atoms with van der Waals surface area (Å²) in [5.41, 5.74) is 3.29. The van der Waals surface area contributed by atoms with Gasteiger partial charge in [-0.3, -0.25) is 4.79 Å². The number of rotatable bonds is 1. The molecule has 0 atom stereocenters. The molecule has 0 spiro atoms. The summed E-state index contributed by atoms with van der Waals surface area (Å²) in [6, 6.07) is 7.80. The van der Waals surface area contributed by atoms with Crippen LogP contribution in [0.4, 0.5) is 8.78 Å². The summed E-state index contributed by atoms with van der Waals surface area (Å²) in [5.74, 6) is -1.66. The third kappa shape index (κ3) is 2.91. The lowest BCUT2D eigenvalue weighted by Gasteiger charge is -2.15. The van der Waals surface area contributed by atoms with Crippen LogP contribution in [0.25, 0.3) is 10.2 Å². The van der Waals surface area contributed by atoms with Gasteiger partial charge in [-0.25, -0.2) is 8.78 Å². The van der Waals surface area contributed by atoms with Crippen LogP contribution >= 0.6 is 11.3 Å². The maximum absolute atomic E-state index is 14.0. The Morgan fingerprint density at radius 1 is 1.12 bits per heavy atom. The first kappa shape index (κ1) is 16.1. The maximum atomic E-state index is 14.0. The Kier molecular flexibility index (Phi) is 4.00. The zero-order valence-electron chi connectivity index (χ0n) is 13.7. The van der Waals surface area contributed by atoms with E-state index >= 15 is 0 Å². The molecular weight excluding hydrogens is 342 g/mol. The van der Waals surface area contributed by atoms with Gasteiger partial charge in [0.2, 0.25) is 0 Å². The standard InChI is InChI=1S/C19H16F2N2OS/c1-23-17-15(21)9-14(20)10-16(17)25-19(23)22-18(24)13-7-6-11-4-2-3-5-12(11)8-13/h6-10H,2-5H2,1H3. The van der Waals surface area contributed by atoms with Crippen molar-refractivity contribution in [2.24, 2.45) is 12.0 Å². The molecule has 1 aliphatic carbocycles. The van der Waals surface area contributed by atoms with Gasteiger partial charge in [-0.1, -0.05) is 17.4 Å². The number of carbonyl (C=O) groups is 1. The Hall–Kier alpha value is -2.34. The number of thiazole rings is 1. The van der Waals surface area contributed by atoms with E-state index in [2.05, 4.69) is 4.99 Å². The van der Waals surface area contributed by atoms with Crippen LogP contribution in [0.3, 0.4) is 0 Å². The van der Waals surface area contributed by atoms with Gasteiger partial charge in [0, 0.05) is 18.7 Å². The van der Waals surface area contributed by atoms with Crippen molar-refractivity contribution in [3.8, 4) is 0 Å². The molecule has 1 heterocycles. The molecule has 0 saturated carbocycles. The zero-order chi connectivity index (χ0) is 17.6. The van der Waals surface area contributed by atoms with Gasteiger partial charge in [-0.15, -0.1) is 0 Å². The number of aromatic nitrogens is 1. The first-order chi connectivity index (χ1) is 12.0. The van der Waals surface area contributed by atoms with Crippen molar-refractivity contribution >= 4 is 27.5 Å². The molecule has 3 nitrogen and oxygen atoms in total. The SMILES string of the molecule is Cn1c(=NC(=O)c2ccc3c(c2)CCCC3)sc2cc(F)cc(F)c21. The Balaban J connectivity index is 1.78. The summed E-state index contributed by atoms with van der Waals surface area (Å²) in [4.78, 5) is 17.0. The number of hydrogen-bond acceptors (Lipinski definition) is 2. The van der Waals surface area contributed by atoms with Gasteiger partial charge in [-0.2, -0.15) is 4.99 Å². The molecule has 1 aromatic heterocycles. The highest BCUT2D eigenvalue weighted by molar-refractivity contribution is 7.16. The van der Waals surface area contributed by atoms with Crippen LogP contribution in [-0.4, -0.2) is 10.5 Å². The number of carbonyl (C=O) groups excluding carboxylic acids is 1. The third-order valence-electron chi connectivity index (χ3n) is 4.61. The van der Waals surface area contributed by atoms with Crippen molar-refractivity contribution in [2.45, 2.75) is 25.7 Å². The summed E-state index contributed by atoms with van der Waals surface area (Å²) in [7, 11) is 1.62. The van der Waals surface area contributed by atoms with Crippen LogP contribution in [0.15, 0.2) is 35.3 Å². The molecular formula is C19H16F2N2OS. The number of amides is 1. The van der Waals surface area contributed by atoms with Crippen molar-refractivity contribution in [1.29, 1.82) is 0 Å². The fourth-order valence-corrected chi connectivity index (χ4v) is 4.38. The Labute approximate surface area is 147 Å². The van der Waals surface area contributed by atoms with Gasteiger partial charge in [0.15, 0.2) is 10.6 Å². The fourth-order valence-electron chi connectivity index (χ4n) is 3.32. The Bertz CT molecular complexity index is 1070. The molecule has 25 heavy (non-hydrogen) atoms. The highest BCUT2D eigenvalue weighted by atomic mass is 32.1. The molecule has 6 heteroatoms. The second-order valence-electron chi connectivity index (χ2n) is 6.29. The second kappa shape index (κ2) is 6.19. The predicted octanol–water partition coefficient (Wildman–Crippen LogP) is 4.14. The molecule has 0 fully saturated rings. The van der Waals surface area contributed by atoms with Gasteiger partial charge in [0.25, 0.3) is 5.91 Å². The monoisotopic (exact) mass is 358 g/mol. The number of aryl methyl sites for hydroxylation is 3. The summed E-state index contributed by atoms with van der Waals surface area (Å²) < 4.78 is 29.3. The van der Waals surface area contributed by atoms with E-state index in [1.165, 1.54) is 28.2 Å². The number of benzene rings is 2. The van der Waals surface area contributed by atoms with Crippen molar-refractivity contribution in [2.75, 3.05) is 0 Å². The number of hydrogen-bond donors (Lipinski definition) is 0. The minimum atomic E-state index is -0.656. The summed E-state index contributed by atoms with van der Waals surface area (Å²) >= 11 is 1.10. The van der Waals surface area contributed by atoms with E-state index in [4.69, 9.17) is 0 Å². The summed E-state index contributed by atoms with van der Waals surface area (Å²) in [6.45, 7) is 0. The van der Waals surface area contributed by atoms with E-state index < -0.39 is 11.6 Å². The molecule has 3 aromatic rings. The van der Waals surface area contributed by atoms with Crippen molar-refractivity contribution in [1.82, 2.24) is 4.57 Å². The highest BCUT2D eigenvalue weighted by Crippen LogP contribution is 2.23. The first-order valence-corrected chi connectivity index (χ1v) is 9.00. The van der Waals surface area contributed by atoms with Crippen molar-refractivity contribution in [3.63, 3.8) is 0 Å². The lowest BCUT2D eigenvalue weighted by Crippen LogP contribution is -2.14. The summed E-state index contributed by atoms with van der Waals surface area (Å²) in [6.07, 6.45) is 4.36. The molecule has 128 valence electrons. The van der Waals surface area contributed by atoms with Crippen LogP contribution in [0, 0.1) is 11.6 Å². The van der Waals surface area contributed by atoms with E-state index in [9.17, 15) is 13.6 Å². The van der Waals surface area contributed by atoms with Crippen LogP contribution in [-0.2, 0) is 19.9 Å². The highest BCUT2D eigenvalue weighted by Gasteiger charge is 2.14. The van der Waals surface area contributed by atoms with Gasteiger partial charge in [-0.05, 0) is 55.0 Å². The van der Waals surface area contributed by atoms with Gasteiger partial charge < -0.3 is 4.57 Å². The fraction of sp³-hybridized carbons (Fsp3) is 0.263. The molecule has 4 rings (SSSR count). The van der Waals surface area contributed by atoms with Crippen LogP contribution in [0.1, 0.15) is 34.3 Å². The number of nitrogens with zero attached hydrogens (tertiary/aromatic N) is 2. The predicted molar refractivity (Wildman–Crippen MR) is 93.7 cm³/mol. The third-order valence-corrected chi connectivity index (χ3v) is 5.69. The Morgan fingerprint density at radius 3 is 2.68 bits per heavy atom. The first-order valence-electron chi connectivity index (χ1n) is 8.18. The minimum absolute atomic E-state index is 0.253. The molecule has 1 aliphatic rings. The quantitative estimate of drug-likeness (QED) is 0.644. The molecule has 1 amide bonds. The number of fused-ring (bicyclic) bond motifs is 2. The zero-order valence-corrected chi connectivity index (χ0v) is 14.5. The van der Waals surface area contributed by atoms with Gasteiger partial charge in [0.1, 0.15) is 5.82 Å². The van der Waals surface area contributed by atoms with Crippen molar-refractivity contribution in [3.05, 3.63) is 63.5 Å². The molecule has 0 N–H and O–H groups in total. The number of halogens is 2. The maximum Gasteiger partial charge on any atom is 0.279 e. The lowest BCUT2D eigenvalue weighted by molar-refractivity contribution is 0.0998. The van der Waals surface area contributed by atoms with Crippen LogP contribution in [0.5, 0.6) is 0 Å². The minimum Gasteiger partial charge on any atom is -0.317 e. The lowest BCUT2D eigenvalue weighted by atomic mass is 9.90.